The number of esters is 1. The standard InChI is InChI=1S/C82H54.C26H28N2O2S.CH4/c1-6-22-55(23-7-1)65-48-66(56-24-8-2-9-25-56)51-69(50-65)81-75-36-20-21-37-76(75)82(70-52-67(57-26-10-3-11-27-57)49-68(53-70)58-28-12-4-13-29-58)78-54-64(46-47-77(78)81)61-40-38-59(39-41-61)60-42-44-63(45-43-60)80-73-34-18-16-32-71(73)79(62-30-14-5-15-31-62)72-33-17-19-35-74(72)80;1-25(2)9-11-28-12-10-26(3,4)20-21(28)17(25)14-15-13-16(24(29)30-22(15)20)23-27-18-7-5-6-8-19(18)31-23;/h1-54H;5-8,14,16H,9-13H2,1-4H3;1H4. The largest absolute Gasteiger partial charge is 0.425 e. The number of thiazole rings is 1. The molecule has 18 aromatic rings. The second-order valence-electron chi connectivity index (χ2n) is 32.1. The van der Waals surface area contributed by atoms with Crippen molar-refractivity contribution in [2.75, 3.05) is 18.0 Å². The summed E-state index contributed by atoms with van der Waals surface area (Å²) in [7, 11) is 0. The molecule has 3 aliphatic heterocycles. The number of para-hydroxylation sites is 1. The zero-order chi connectivity index (χ0) is 75.9. The van der Waals surface area contributed by atoms with Gasteiger partial charge in [-0.15, -0.1) is 11.3 Å². The summed E-state index contributed by atoms with van der Waals surface area (Å²) < 4.78 is 7.29. The first kappa shape index (κ1) is 71.3. The van der Waals surface area contributed by atoms with Gasteiger partial charge in [-0.2, -0.15) is 0 Å². The summed E-state index contributed by atoms with van der Waals surface area (Å²) in [6.45, 7) is 11.5. The molecule has 0 saturated carbocycles. The van der Waals surface area contributed by atoms with Gasteiger partial charge >= 0.3 is 5.97 Å². The van der Waals surface area contributed by atoms with Gasteiger partial charge in [-0.05, 0) is 256 Å². The van der Waals surface area contributed by atoms with E-state index in [2.05, 4.69) is 372 Å². The van der Waals surface area contributed by atoms with Crippen molar-refractivity contribution in [3.63, 3.8) is 0 Å². The third-order valence-electron chi connectivity index (χ3n) is 24.2. The molecule has 1 atom stereocenters. The van der Waals surface area contributed by atoms with E-state index in [1.54, 1.807) is 11.3 Å². The summed E-state index contributed by atoms with van der Waals surface area (Å²) in [6.07, 6.45) is 2.90. The van der Waals surface area contributed by atoms with Gasteiger partial charge in [0.15, 0.2) is 0 Å². The third-order valence-corrected chi connectivity index (χ3v) is 25.3. The number of carbonyl (C=O) groups is 1. The highest BCUT2D eigenvalue weighted by Crippen LogP contribution is 2.56. The normalized spacial score (nSPS) is 14.5. The van der Waals surface area contributed by atoms with E-state index in [-0.39, 0.29) is 30.1 Å². The van der Waals surface area contributed by atoms with Crippen LogP contribution < -0.4 is 9.64 Å². The van der Waals surface area contributed by atoms with E-state index in [4.69, 9.17) is 9.72 Å². The second kappa shape index (κ2) is 29.2. The first-order valence-corrected chi connectivity index (χ1v) is 40.5. The molecule has 0 saturated heterocycles. The maximum Gasteiger partial charge on any atom is 0.321 e. The Morgan fingerprint density at radius 3 is 1.11 bits per heavy atom. The van der Waals surface area contributed by atoms with Gasteiger partial charge in [0, 0.05) is 24.3 Å². The van der Waals surface area contributed by atoms with E-state index in [9.17, 15) is 4.79 Å². The Morgan fingerprint density at radius 2 is 0.667 bits per heavy atom. The zero-order valence-electron chi connectivity index (χ0n) is 63.8. The molecule has 5 heteroatoms. The van der Waals surface area contributed by atoms with E-state index in [0.717, 1.165) is 46.9 Å². The number of ether oxygens (including phenoxy) is 1. The summed E-state index contributed by atoms with van der Waals surface area (Å²) in [5, 5.41) is 10.8. The molecule has 3 aliphatic rings. The fourth-order valence-corrected chi connectivity index (χ4v) is 19.4. The number of fused-ring (bicyclic) bond motifs is 7. The molecule has 1 unspecified atom stereocenters. The second-order valence-corrected chi connectivity index (χ2v) is 33.1. The van der Waals surface area contributed by atoms with Gasteiger partial charge in [0.2, 0.25) is 0 Å². The van der Waals surface area contributed by atoms with Crippen molar-refractivity contribution in [3.05, 3.63) is 380 Å². The average molecular weight is 1490 g/mol. The molecule has 17 aromatic carbocycles. The number of carbonyl (C=O) groups excluding carboxylic acids is 1. The van der Waals surface area contributed by atoms with Crippen molar-refractivity contribution in [1.82, 2.24) is 4.98 Å². The minimum Gasteiger partial charge on any atom is -0.425 e. The van der Waals surface area contributed by atoms with Gasteiger partial charge in [0.05, 0.1) is 10.2 Å². The lowest BCUT2D eigenvalue weighted by Crippen LogP contribution is -2.45. The number of anilines is 1. The minimum atomic E-state index is -0.329. The van der Waals surface area contributed by atoms with Gasteiger partial charge in [0.25, 0.3) is 0 Å². The quantitative estimate of drug-likeness (QED) is 0.0735. The highest BCUT2D eigenvalue weighted by Gasteiger charge is 2.46. The fourth-order valence-electron chi connectivity index (χ4n) is 18.3. The molecule has 0 bridgehead atoms. The Kier molecular flexibility index (Phi) is 18.3. The highest BCUT2D eigenvalue weighted by molar-refractivity contribution is 7.18. The van der Waals surface area contributed by atoms with Crippen molar-refractivity contribution < 1.29 is 9.53 Å². The molecule has 4 heterocycles. The molecule has 0 spiro atoms. The van der Waals surface area contributed by atoms with Gasteiger partial charge < -0.3 is 9.64 Å². The Balaban J connectivity index is 0.000000227. The van der Waals surface area contributed by atoms with Crippen molar-refractivity contribution in [2.45, 2.75) is 71.1 Å². The molecule has 1 aromatic heterocycles. The Morgan fingerprint density at radius 1 is 0.333 bits per heavy atom. The Labute approximate surface area is 672 Å². The number of aromatic nitrogens is 1. The summed E-state index contributed by atoms with van der Waals surface area (Å²) in [4.78, 5) is 20.5. The van der Waals surface area contributed by atoms with Crippen LogP contribution in [0.2, 0.25) is 0 Å². The molecule has 0 fully saturated rings. The smallest absolute Gasteiger partial charge is 0.321 e. The molecule has 0 N–H and O–H groups in total. The van der Waals surface area contributed by atoms with E-state index >= 15 is 0 Å². The minimum absolute atomic E-state index is 0. The SMILES string of the molecule is C.CC1(C)CCN2CCC(C)(C)c3c4c(cc1c32)CC(c1nc2ccccc2s1)C(=O)O4.c1ccc(-c2cc(-c3ccccc3)cc(-c3c4ccccc4c(-c4cc(-c5ccccc5)cc(-c5ccccc5)c4)c4cc(-c5ccc(-c6ccc(-c7c8ccccc8c(-c8ccccc8)c8ccccc78)cc6)cc5)ccc34)c2)cc1. The Hall–Kier alpha value is -13.1. The predicted octanol–water partition coefficient (Wildman–Crippen LogP) is 29.3. The summed E-state index contributed by atoms with van der Waals surface area (Å²) >= 11 is 1.61. The summed E-state index contributed by atoms with van der Waals surface area (Å²) in [5.41, 5.74) is 30.2. The van der Waals surface area contributed by atoms with Crippen LogP contribution in [0, 0.1) is 0 Å². The molecule has 4 nitrogen and oxygen atoms in total. The van der Waals surface area contributed by atoms with Crippen LogP contribution >= 0.6 is 11.3 Å². The first-order chi connectivity index (χ1) is 55.4. The number of hydrogen-bond acceptors (Lipinski definition) is 5. The molecule has 21 rings (SSSR count). The van der Waals surface area contributed by atoms with Crippen LogP contribution in [0.3, 0.4) is 0 Å². The molecular weight excluding hydrogens is 1400 g/mol. The molecule has 114 heavy (non-hydrogen) atoms. The highest BCUT2D eigenvalue weighted by atomic mass is 32.1. The van der Waals surface area contributed by atoms with Crippen LogP contribution in [0.4, 0.5) is 5.69 Å². The summed E-state index contributed by atoms with van der Waals surface area (Å²) in [6, 6.07) is 131. The van der Waals surface area contributed by atoms with E-state index in [1.165, 1.54) is 177 Å². The van der Waals surface area contributed by atoms with Gasteiger partial charge in [0.1, 0.15) is 16.7 Å². The first-order valence-electron chi connectivity index (χ1n) is 39.7. The zero-order valence-corrected chi connectivity index (χ0v) is 64.6. The van der Waals surface area contributed by atoms with Crippen LogP contribution in [-0.4, -0.2) is 24.0 Å². The maximum absolute atomic E-state index is 13.2. The molecule has 0 radical (unpaired) electrons. The van der Waals surface area contributed by atoms with E-state index < -0.39 is 0 Å². The predicted molar refractivity (Wildman–Crippen MR) is 483 cm³/mol. The molecule has 0 aliphatic carbocycles. The molecular formula is C109H86N2O2S. The maximum atomic E-state index is 13.2. The van der Waals surface area contributed by atoms with Crippen molar-refractivity contribution >= 4 is 76.3 Å². The van der Waals surface area contributed by atoms with Gasteiger partial charge in [-0.3, -0.25) is 4.79 Å². The topological polar surface area (TPSA) is 42.4 Å². The lowest BCUT2D eigenvalue weighted by molar-refractivity contribution is -0.137. The fraction of sp³-hybridized carbons (Fsp3) is 0.119. The van der Waals surface area contributed by atoms with Gasteiger partial charge in [-0.1, -0.05) is 332 Å². The number of nitrogens with zero attached hydrogens (tertiary/aromatic N) is 2. The molecule has 0 amide bonds. The van der Waals surface area contributed by atoms with Crippen molar-refractivity contribution in [1.29, 1.82) is 0 Å². The third kappa shape index (κ3) is 12.8. The number of hydrogen-bond donors (Lipinski definition) is 0. The van der Waals surface area contributed by atoms with Crippen molar-refractivity contribution in [2.24, 2.45) is 0 Å². The van der Waals surface area contributed by atoms with E-state index in [1.807, 2.05) is 18.2 Å². The van der Waals surface area contributed by atoms with Crippen LogP contribution in [0.25, 0.3) is 165 Å². The number of rotatable bonds is 11. The summed E-state index contributed by atoms with van der Waals surface area (Å²) in [5.74, 6) is 0.337. The lowest BCUT2D eigenvalue weighted by Gasteiger charge is -2.49. The number of benzene rings is 17. The van der Waals surface area contributed by atoms with Crippen LogP contribution in [0.15, 0.2) is 358 Å². The van der Waals surface area contributed by atoms with Crippen LogP contribution in [0.5, 0.6) is 5.75 Å². The lowest BCUT2D eigenvalue weighted by atomic mass is 9.68. The van der Waals surface area contributed by atoms with Crippen LogP contribution in [0.1, 0.15) is 75.6 Å². The Bertz CT molecular complexity index is 6520. The van der Waals surface area contributed by atoms with E-state index in [0.29, 0.717) is 6.42 Å². The van der Waals surface area contributed by atoms with Gasteiger partial charge in [-0.25, -0.2) is 4.98 Å². The van der Waals surface area contributed by atoms with Crippen molar-refractivity contribution in [3.8, 4) is 117 Å². The molecule has 550 valence electrons. The monoisotopic (exact) mass is 1490 g/mol. The van der Waals surface area contributed by atoms with Crippen LogP contribution in [-0.2, 0) is 22.0 Å². The average Bonchev–Trinajstić information content (AvgIpc) is 1.51.